The minimum atomic E-state index is -0.473. The first-order valence-corrected chi connectivity index (χ1v) is 3.47. The number of hydrogen-bond donors (Lipinski definition) is 1. The quantitative estimate of drug-likeness (QED) is 0.560. The van der Waals surface area contributed by atoms with Gasteiger partial charge < -0.3 is 14.6 Å². The third-order valence-electron chi connectivity index (χ3n) is 2.21. The molecule has 1 spiro atoms. The predicted molar refractivity (Wildman–Crippen MR) is 36.6 cm³/mol. The fraction of sp³-hybridized carbons (Fsp3) is 0.250. The van der Waals surface area contributed by atoms with Crippen molar-refractivity contribution < 1.29 is 14.6 Å². The average Bonchev–Trinajstić information content (AvgIpc) is 2.62. The number of fused-ring (bicyclic) bond motifs is 1. The number of rotatable bonds is 0. The lowest BCUT2D eigenvalue weighted by Gasteiger charge is -2.15. The van der Waals surface area contributed by atoms with Crippen LogP contribution in [0.25, 0.3) is 0 Å². The Morgan fingerprint density at radius 2 is 2.45 bits per heavy atom. The van der Waals surface area contributed by atoms with Gasteiger partial charge in [0, 0.05) is 0 Å². The van der Waals surface area contributed by atoms with E-state index in [9.17, 15) is 5.11 Å². The second-order valence-corrected chi connectivity index (χ2v) is 2.88. The van der Waals surface area contributed by atoms with E-state index < -0.39 is 5.60 Å². The summed E-state index contributed by atoms with van der Waals surface area (Å²) in [4.78, 5) is 0. The van der Waals surface area contributed by atoms with Gasteiger partial charge in [0.2, 0.25) is 0 Å². The van der Waals surface area contributed by atoms with Crippen LogP contribution < -0.4 is 0 Å². The number of allylic oxidation sites excluding steroid dienone is 1. The molecule has 0 saturated heterocycles. The highest BCUT2D eigenvalue weighted by Gasteiger charge is 2.49. The molecule has 3 heterocycles. The van der Waals surface area contributed by atoms with Crippen molar-refractivity contribution in [3.8, 4) is 0 Å². The first-order valence-electron chi connectivity index (χ1n) is 3.47. The molecule has 1 atom stereocenters. The van der Waals surface area contributed by atoms with Crippen molar-refractivity contribution in [1.82, 2.24) is 0 Å². The summed E-state index contributed by atoms with van der Waals surface area (Å²) in [7, 11) is 0. The van der Waals surface area contributed by atoms with Gasteiger partial charge in [0.25, 0.3) is 5.95 Å². The largest absolute Gasteiger partial charge is 0.481 e. The Bertz CT molecular complexity index is 324. The van der Waals surface area contributed by atoms with Gasteiger partial charge in [-0.15, -0.1) is 0 Å². The highest BCUT2D eigenvalue weighted by Crippen LogP contribution is 2.45. The lowest BCUT2D eigenvalue weighted by molar-refractivity contribution is 0.0416. The van der Waals surface area contributed by atoms with Crippen molar-refractivity contribution in [2.45, 2.75) is 5.60 Å². The lowest BCUT2D eigenvalue weighted by Crippen LogP contribution is -2.26. The summed E-state index contributed by atoms with van der Waals surface area (Å²) in [6.45, 7) is 0.394. The van der Waals surface area contributed by atoms with Crippen LogP contribution in [0, 0.1) is 0 Å². The Hall–Kier alpha value is -1.38. The topological polar surface area (TPSA) is 38.7 Å². The van der Waals surface area contributed by atoms with Gasteiger partial charge >= 0.3 is 0 Å². The summed E-state index contributed by atoms with van der Waals surface area (Å²) in [6, 6.07) is 0. The molecule has 0 aromatic carbocycles. The molecule has 0 fully saturated rings. The molecule has 0 radical (unpaired) electrons. The zero-order chi connectivity index (χ0) is 7.47. The van der Waals surface area contributed by atoms with E-state index in [2.05, 4.69) is 0 Å². The third-order valence-corrected chi connectivity index (χ3v) is 2.21. The molecule has 3 aliphatic rings. The van der Waals surface area contributed by atoms with Gasteiger partial charge in [0.1, 0.15) is 12.4 Å². The fourth-order valence-corrected chi connectivity index (χ4v) is 1.63. The van der Waals surface area contributed by atoms with E-state index in [1.165, 1.54) is 0 Å². The van der Waals surface area contributed by atoms with Crippen molar-refractivity contribution in [3.63, 3.8) is 0 Å². The molecule has 11 heavy (non-hydrogen) atoms. The Balaban J connectivity index is 2.27. The summed E-state index contributed by atoms with van der Waals surface area (Å²) in [5, 5.41) is 9.22. The van der Waals surface area contributed by atoms with Crippen molar-refractivity contribution >= 4 is 0 Å². The summed E-state index contributed by atoms with van der Waals surface area (Å²) in [5.41, 5.74) is 0.286. The van der Waals surface area contributed by atoms with E-state index in [1.807, 2.05) is 18.2 Å². The minimum Gasteiger partial charge on any atom is -0.481 e. The normalized spacial score (nSPS) is 36.9. The van der Waals surface area contributed by atoms with Crippen LogP contribution >= 0.6 is 0 Å². The van der Waals surface area contributed by atoms with Gasteiger partial charge in [-0.25, -0.2) is 0 Å². The van der Waals surface area contributed by atoms with Gasteiger partial charge in [0.15, 0.2) is 5.60 Å². The molecular weight excluding hydrogens is 144 g/mol. The number of aliphatic hydroxyl groups is 1. The van der Waals surface area contributed by atoms with Crippen LogP contribution in [0.5, 0.6) is 0 Å². The van der Waals surface area contributed by atoms with Crippen LogP contribution in [0.3, 0.4) is 0 Å². The summed E-state index contributed by atoms with van der Waals surface area (Å²) < 4.78 is 10.4. The zero-order valence-electron chi connectivity index (χ0n) is 5.70. The molecule has 56 valence electrons. The van der Waals surface area contributed by atoms with Gasteiger partial charge in [-0.2, -0.15) is 0 Å². The Morgan fingerprint density at radius 3 is 3.18 bits per heavy atom. The zero-order valence-corrected chi connectivity index (χ0v) is 5.70. The maximum atomic E-state index is 9.22. The molecule has 3 aliphatic heterocycles. The van der Waals surface area contributed by atoms with E-state index in [1.54, 1.807) is 0 Å². The summed E-state index contributed by atoms with van der Waals surface area (Å²) in [5.74, 6) is 0.819. The van der Waals surface area contributed by atoms with Gasteiger partial charge in [0.05, 0.1) is 5.57 Å². The fourth-order valence-electron chi connectivity index (χ4n) is 1.63. The van der Waals surface area contributed by atoms with Crippen LogP contribution in [-0.4, -0.2) is 17.3 Å². The van der Waals surface area contributed by atoms with Crippen LogP contribution in [0.15, 0.2) is 35.5 Å². The van der Waals surface area contributed by atoms with Crippen LogP contribution in [0.4, 0.5) is 0 Å². The molecular formula is C8H6O3. The highest BCUT2D eigenvalue weighted by molar-refractivity contribution is 5.52. The van der Waals surface area contributed by atoms with Crippen molar-refractivity contribution in [3.05, 3.63) is 35.5 Å². The number of ether oxygens (including phenoxy) is 2. The third kappa shape index (κ3) is 0.431. The Morgan fingerprint density at radius 1 is 1.55 bits per heavy atom. The molecule has 0 aliphatic carbocycles. The Labute approximate surface area is 63.2 Å². The molecule has 3 heteroatoms. The lowest BCUT2D eigenvalue weighted by atomic mass is 9.96. The predicted octanol–water partition coefficient (Wildman–Crippen LogP) is 1.01. The van der Waals surface area contributed by atoms with Gasteiger partial charge in [-0.3, -0.25) is 0 Å². The molecule has 0 saturated carbocycles. The van der Waals surface area contributed by atoms with Gasteiger partial charge in [-0.1, -0.05) is 0 Å². The smallest absolute Gasteiger partial charge is 0.284 e. The molecule has 0 aromatic rings. The maximum Gasteiger partial charge on any atom is 0.284 e. The number of aliphatic hydroxyl groups excluding tert-OH is 1. The molecule has 2 bridgehead atoms. The average molecular weight is 150 g/mol. The van der Waals surface area contributed by atoms with Crippen molar-refractivity contribution in [2.75, 3.05) is 6.61 Å². The molecule has 1 N–H and O–H groups in total. The molecule has 0 amide bonds. The Kier molecular flexibility index (Phi) is 0.626. The highest BCUT2D eigenvalue weighted by atomic mass is 16.6. The van der Waals surface area contributed by atoms with Crippen molar-refractivity contribution in [1.29, 1.82) is 0 Å². The summed E-state index contributed by atoms with van der Waals surface area (Å²) >= 11 is 0. The second kappa shape index (κ2) is 1.30. The van der Waals surface area contributed by atoms with Crippen LogP contribution in [0.2, 0.25) is 0 Å². The monoisotopic (exact) mass is 150 g/mol. The van der Waals surface area contributed by atoms with Gasteiger partial charge in [-0.05, 0) is 18.2 Å². The maximum absolute atomic E-state index is 9.22. The summed E-state index contributed by atoms with van der Waals surface area (Å²) in [6.07, 6.45) is 5.62. The minimum absolute atomic E-state index is 0.00403. The molecule has 0 aromatic heterocycles. The van der Waals surface area contributed by atoms with Crippen LogP contribution in [0.1, 0.15) is 0 Å². The van der Waals surface area contributed by atoms with E-state index in [-0.39, 0.29) is 5.95 Å². The first-order chi connectivity index (χ1) is 5.30. The second-order valence-electron chi connectivity index (χ2n) is 2.88. The molecule has 1 unspecified atom stereocenters. The van der Waals surface area contributed by atoms with E-state index in [4.69, 9.17) is 9.47 Å². The molecule has 3 rings (SSSR count). The van der Waals surface area contributed by atoms with E-state index in [0.29, 0.717) is 6.61 Å². The number of hydrogen-bond acceptors (Lipinski definition) is 3. The van der Waals surface area contributed by atoms with Crippen LogP contribution in [-0.2, 0) is 9.47 Å². The van der Waals surface area contributed by atoms with Crippen molar-refractivity contribution in [2.24, 2.45) is 0 Å². The van der Waals surface area contributed by atoms with E-state index >= 15 is 0 Å². The molecule has 3 nitrogen and oxygen atoms in total. The first kappa shape index (κ1) is 5.29. The van der Waals surface area contributed by atoms with E-state index in [0.717, 1.165) is 11.3 Å². The SMILES string of the molecule is OC1=C2C=C3C=CC2(CO1)O3. The standard InChI is InChI=1S/C8H6O3/c9-7-6-3-5-1-2-8(6,11-5)4-10-7/h1-3,9H,4H2.